The van der Waals surface area contributed by atoms with E-state index in [0.29, 0.717) is 23.6 Å². The van der Waals surface area contributed by atoms with Gasteiger partial charge in [-0.25, -0.2) is 0 Å². The third-order valence-corrected chi connectivity index (χ3v) is 4.72. The lowest BCUT2D eigenvalue weighted by molar-refractivity contribution is -0.147. The molecule has 7 heteroatoms. The van der Waals surface area contributed by atoms with Crippen LogP contribution >= 0.6 is 34.8 Å². The number of carboxylic acids is 1. The summed E-state index contributed by atoms with van der Waals surface area (Å²) in [5.74, 6) is -2.49. The van der Waals surface area contributed by atoms with E-state index in [1.54, 1.807) is 0 Å². The molecule has 2 rings (SSSR count). The number of hydrogen-bond acceptors (Lipinski definition) is 2. The molecule has 0 radical (unpaired) electrons. The molecule has 0 heterocycles. The van der Waals surface area contributed by atoms with Gasteiger partial charge >= 0.3 is 5.97 Å². The van der Waals surface area contributed by atoms with E-state index in [1.807, 2.05) is 0 Å². The van der Waals surface area contributed by atoms with Gasteiger partial charge in [-0.05, 0) is 25.0 Å². The average molecular weight is 351 g/mol. The first-order valence-electron chi connectivity index (χ1n) is 6.58. The van der Waals surface area contributed by atoms with Crippen molar-refractivity contribution in [3.8, 4) is 0 Å². The largest absolute Gasteiger partial charge is 0.481 e. The Morgan fingerprint density at radius 2 is 1.57 bits per heavy atom. The van der Waals surface area contributed by atoms with Crippen molar-refractivity contribution in [2.24, 2.45) is 11.8 Å². The number of rotatable bonds is 3. The van der Waals surface area contributed by atoms with E-state index >= 15 is 0 Å². The Labute approximate surface area is 137 Å². The highest BCUT2D eigenvalue weighted by atomic mass is 35.5. The number of anilines is 1. The van der Waals surface area contributed by atoms with E-state index in [2.05, 4.69) is 5.32 Å². The van der Waals surface area contributed by atoms with Crippen LogP contribution in [0.4, 0.5) is 5.69 Å². The minimum Gasteiger partial charge on any atom is -0.481 e. The Hall–Kier alpha value is -0.970. The molecule has 1 aromatic carbocycles. The number of halogens is 3. The highest BCUT2D eigenvalue weighted by Crippen LogP contribution is 2.35. The number of hydrogen-bond donors (Lipinski definition) is 2. The summed E-state index contributed by atoms with van der Waals surface area (Å²) in [6.07, 6.45) is 2.75. The minimum absolute atomic E-state index is 0.264. The summed E-state index contributed by atoms with van der Waals surface area (Å²) < 4.78 is 0. The van der Waals surface area contributed by atoms with E-state index in [1.165, 1.54) is 12.1 Å². The fourth-order valence-electron chi connectivity index (χ4n) is 2.58. The quantitative estimate of drug-likeness (QED) is 0.790. The molecule has 114 valence electrons. The fourth-order valence-corrected chi connectivity index (χ4v) is 3.18. The average Bonchev–Trinajstić information content (AvgIpc) is 2.44. The van der Waals surface area contributed by atoms with Crippen LogP contribution in [0.5, 0.6) is 0 Å². The SMILES string of the molecule is O=C(O)[C@H]1CCCC[C@H]1C(=O)Nc1cc(Cl)c(Cl)cc1Cl. The minimum atomic E-state index is -0.935. The van der Waals surface area contributed by atoms with E-state index in [0.717, 1.165) is 12.8 Å². The summed E-state index contributed by atoms with van der Waals surface area (Å²) in [4.78, 5) is 23.6. The molecule has 0 aliphatic heterocycles. The van der Waals surface area contributed by atoms with E-state index < -0.39 is 17.8 Å². The normalized spacial score (nSPS) is 21.9. The van der Waals surface area contributed by atoms with Gasteiger partial charge in [0.05, 0.1) is 32.6 Å². The Bertz CT molecular complexity index is 577. The summed E-state index contributed by atoms with van der Waals surface area (Å²) in [7, 11) is 0. The number of amides is 1. The molecule has 1 aliphatic carbocycles. The van der Waals surface area contributed by atoms with Crippen LogP contribution in [0.1, 0.15) is 25.7 Å². The molecular weight excluding hydrogens is 337 g/mol. The molecule has 1 aliphatic rings. The molecule has 0 spiro atoms. The maximum absolute atomic E-state index is 12.3. The number of carbonyl (C=O) groups is 2. The van der Waals surface area contributed by atoms with Crippen LogP contribution in [0.3, 0.4) is 0 Å². The van der Waals surface area contributed by atoms with Crippen LogP contribution in [0.25, 0.3) is 0 Å². The van der Waals surface area contributed by atoms with Gasteiger partial charge in [-0.2, -0.15) is 0 Å². The fraction of sp³-hybridized carbons (Fsp3) is 0.429. The predicted molar refractivity (Wildman–Crippen MR) is 83.2 cm³/mol. The van der Waals surface area contributed by atoms with Crippen molar-refractivity contribution < 1.29 is 14.7 Å². The van der Waals surface area contributed by atoms with Gasteiger partial charge in [0, 0.05) is 0 Å². The molecule has 2 atom stereocenters. The molecule has 1 fully saturated rings. The van der Waals surface area contributed by atoms with Crippen molar-refractivity contribution in [3.05, 3.63) is 27.2 Å². The summed E-state index contributed by atoms with van der Waals surface area (Å²) in [6, 6.07) is 2.90. The van der Waals surface area contributed by atoms with Gasteiger partial charge in [0.15, 0.2) is 0 Å². The Morgan fingerprint density at radius 3 is 2.19 bits per heavy atom. The van der Waals surface area contributed by atoms with E-state index in [4.69, 9.17) is 34.8 Å². The topological polar surface area (TPSA) is 66.4 Å². The van der Waals surface area contributed by atoms with E-state index in [9.17, 15) is 14.7 Å². The van der Waals surface area contributed by atoms with Gasteiger partial charge in [-0.3, -0.25) is 9.59 Å². The lowest BCUT2D eigenvalue weighted by Crippen LogP contribution is -2.36. The van der Waals surface area contributed by atoms with Crippen LogP contribution in [-0.2, 0) is 9.59 Å². The van der Waals surface area contributed by atoms with Crippen LogP contribution in [0, 0.1) is 11.8 Å². The molecule has 0 saturated heterocycles. The molecule has 1 aromatic rings. The van der Waals surface area contributed by atoms with Crippen molar-refractivity contribution in [2.75, 3.05) is 5.32 Å². The van der Waals surface area contributed by atoms with Gasteiger partial charge in [0.25, 0.3) is 0 Å². The zero-order valence-corrected chi connectivity index (χ0v) is 13.3. The highest BCUT2D eigenvalue weighted by Gasteiger charge is 2.35. The molecule has 4 nitrogen and oxygen atoms in total. The first-order chi connectivity index (χ1) is 9.90. The van der Waals surface area contributed by atoms with Crippen molar-refractivity contribution in [1.82, 2.24) is 0 Å². The maximum Gasteiger partial charge on any atom is 0.307 e. The zero-order chi connectivity index (χ0) is 15.6. The first kappa shape index (κ1) is 16.4. The number of benzene rings is 1. The highest BCUT2D eigenvalue weighted by molar-refractivity contribution is 6.44. The molecule has 2 N–H and O–H groups in total. The van der Waals surface area contributed by atoms with Gasteiger partial charge in [-0.1, -0.05) is 47.6 Å². The van der Waals surface area contributed by atoms with Crippen LogP contribution in [-0.4, -0.2) is 17.0 Å². The second-order valence-electron chi connectivity index (χ2n) is 5.07. The van der Waals surface area contributed by atoms with Crippen LogP contribution in [0.2, 0.25) is 15.1 Å². The summed E-state index contributed by atoms with van der Waals surface area (Å²) in [5.41, 5.74) is 0.339. The van der Waals surface area contributed by atoms with Crippen molar-refractivity contribution in [1.29, 1.82) is 0 Å². The third kappa shape index (κ3) is 3.82. The molecule has 0 bridgehead atoms. The zero-order valence-electron chi connectivity index (χ0n) is 11.0. The lowest BCUT2D eigenvalue weighted by atomic mass is 9.78. The Kier molecular flexibility index (Phi) is 5.36. The first-order valence-corrected chi connectivity index (χ1v) is 7.71. The summed E-state index contributed by atoms with van der Waals surface area (Å²) in [5, 5.41) is 12.7. The Morgan fingerprint density at radius 1 is 1.00 bits per heavy atom. The third-order valence-electron chi connectivity index (χ3n) is 3.69. The molecule has 0 unspecified atom stereocenters. The maximum atomic E-state index is 12.3. The summed E-state index contributed by atoms with van der Waals surface area (Å²) in [6.45, 7) is 0. The lowest BCUT2D eigenvalue weighted by Gasteiger charge is -2.27. The molecule has 1 saturated carbocycles. The second kappa shape index (κ2) is 6.86. The molecule has 21 heavy (non-hydrogen) atoms. The molecular formula is C14H14Cl3NO3. The number of aliphatic carboxylic acids is 1. The van der Waals surface area contributed by atoms with Gasteiger partial charge in [-0.15, -0.1) is 0 Å². The second-order valence-corrected chi connectivity index (χ2v) is 6.29. The van der Waals surface area contributed by atoms with Crippen molar-refractivity contribution >= 4 is 52.4 Å². The van der Waals surface area contributed by atoms with Gasteiger partial charge < -0.3 is 10.4 Å². The standard InChI is InChI=1S/C14H14Cl3NO3/c15-9-5-11(17)12(6-10(9)16)18-13(19)7-3-1-2-4-8(7)14(20)21/h5-8H,1-4H2,(H,18,19)(H,20,21)/t7-,8+/m1/s1. The van der Waals surface area contributed by atoms with E-state index in [-0.39, 0.29) is 16.0 Å². The number of carboxylic acid groups (broad SMARTS) is 1. The molecule has 0 aromatic heterocycles. The van der Waals surface area contributed by atoms with Crippen molar-refractivity contribution in [2.45, 2.75) is 25.7 Å². The number of nitrogens with one attached hydrogen (secondary N) is 1. The molecule has 1 amide bonds. The van der Waals surface area contributed by atoms with Gasteiger partial charge in [0.2, 0.25) is 5.91 Å². The summed E-state index contributed by atoms with van der Waals surface area (Å²) >= 11 is 17.7. The van der Waals surface area contributed by atoms with Crippen LogP contribution < -0.4 is 5.32 Å². The van der Waals surface area contributed by atoms with Gasteiger partial charge in [0.1, 0.15) is 0 Å². The van der Waals surface area contributed by atoms with Crippen LogP contribution in [0.15, 0.2) is 12.1 Å². The number of carbonyl (C=O) groups excluding carboxylic acids is 1. The predicted octanol–water partition coefficient (Wildman–Crippen LogP) is 4.48. The Balaban J connectivity index is 2.17. The smallest absolute Gasteiger partial charge is 0.307 e. The van der Waals surface area contributed by atoms with Crippen molar-refractivity contribution in [3.63, 3.8) is 0 Å². The monoisotopic (exact) mass is 349 g/mol.